The zero-order valence-corrected chi connectivity index (χ0v) is 14.2. The molecular weight excluding hydrogens is 312 g/mol. The maximum absolute atomic E-state index is 12.0. The molecule has 1 fully saturated rings. The smallest absolute Gasteiger partial charge is 0.407 e. The van der Waals surface area contributed by atoms with Gasteiger partial charge in [-0.05, 0) is 36.8 Å². The van der Waals surface area contributed by atoms with Gasteiger partial charge in [-0.1, -0.05) is 60.7 Å². The zero-order chi connectivity index (χ0) is 17.5. The molecular formula is C21H22N2O2. The Balaban J connectivity index is 1.50. The summed E-state index contributed by atoms with van der Waals surface area (Å²) in [5.41, 5.74) is 1.60. The van der Waals surface area contributed by atoms with Crippen LogP contribution >= 0.6 is 0 Å². The van der Waals surface area contributed by atoms with Crippen molar-refractivity contribution >= 4 is 6.09 Å². The number of rotatable bonds is 4. The average Bonchev–Trinajstić information content (AvgIpc) is 2.69. The maximum atomic E-state index is 12.0. The Labute approximate surface area is 148 Å². The average molecular weight is 334 g/mol. The number of ether oxygens (including phenoxy) is 1. The van der Waals surface area contributed by atoms with Gasteiger partial charge in [-0.15, -0.1) is 0 Å². The van der Waals surface area contributed by atoms with Gasteiger partial charge in [-0.2, -0.15) is 5.26 Å². The summed E-state index contributed by atoms with van der Waals surface area (Å²) >= 11 is 0. The van der Waals surface area contributed by atoms with E-state index in [0.29, 0.717) is 0 Å². The Hall–Kier alpha value is -2.80. The number of hydrogen-bond donors (Lipinski definition) is 1. The number of hydrogen-bond acceptors (Lipinski definition) is 3. The van der Waals surface area contributed by atoms with Crippen molar-refractivity contribution in [2.75, 3.05) is 0 Å². The molecule has 2 aromatic rings. The molecule has 3 rings (SSSR count). The highest BCUT2D eigenvalue weighted by Gasteiger charge is 2.37. The highest BCUT2D eigenvalue weighted by Crippen LogP contribution is 2.38. The Morgan fingerprint density at radius 2 is 1.68 bits per heavy atom. The molecule has 1 N–H and O–H groups in total. The van der Waals surface area contributed by atoms with Crippen LogP contribution in [0.3, 0.4) is 0 Å². The topological polar surface area (TPSA) is 62.1 Å². The van der Waals surface area contributed by atoms with Crippen LogP contribution in [0.4, 0.5) is 4.79 Å². The van der Waals surface area contributed by atoms with Crippen LogP contribution < -0.4 is 5.32 Å². The van der Waals surface area contributed by atoms with E-state index in [9.17, 15) is 10.1 Å². The molecule has 1 aliphatic carbocycles. The van der Waals surface area contributed by atoms with Gasteiger partial charge in [0.05, 0.1) is 11.5 Å². The second-order valence-electron chi connectivity index (χ2n) is 6.54. The highest BCUT2D eigenvalue weighted by atomic mass is 16.5. The van der Waals surface area contributed by atoms with E-state index in [-0.39, 0.29) is 12.6 Å². The number of benzene rings is 2. The molecule has 0 atom stereocenters. The summed E-state index contributed by atoms with van der Waals surface area (Å²) in [6, 6.07) is 22.1. The molecule has 0 unspecified atom stereocenters. The number of alkyl carbamates (subject to hydrolysis) is 1. The third-order valence-corrected chi connectivity index (χ3v) is 4.91. The first-order chi connectivity index (χ1) is 12.2. The molecule has 25 heavy (non-hydrogen) atoms. The van der Waals surface area contributed by atoms with Crippen LogP contribution in [0.25, 0.3) is 0 Å². The number of nitriles is 1. The van der Waals surface area contributed by atoms with Gasteiger partial charge in [-0.3, -0.25) is 0 Å². The van der Waals surface area contributed by atoms with Crippen molar-refractivity contribution in [1.82, 2.24) is 5.32 Å². The van der Waals surface area contributed by atoms with E-state index in [0.717, 1.165) is 36.8 Å². The molecule has 1 saturated carbocycles. The van der Waals surface area contributed by atoms with Gasteiger partial charge in [0.15, 0.2) is 0 Å². The Bertz CT molecular complexity index is 729. The van der Waals surface area contributed by atoms with Gasteiger partial charge >= 0.3 is 6.09 Å². The molecule has 0 aromatic heterocycles. The molecule has 4 heteroatoms. The molecule has 128 valence electrons. The fraction of sp³-hybridized carbons (Fsp3) is 0.333. The summed E-state index contributed by atoms with van der Waals surface area (Å²) in [7, 11) is 0. The van der Waals surface area contributed by atoms with E-state index in [4.69, 9.17) is 4.74 Å². The van der Waals surface area contributed by atoms with Gasteiger partial charge < -0.3 is 10.1 Å². The number of carbonyl (C=O) groups is 1. The molecule has 1 aliphatic rings. The van der Waals surface area contributed by atoms with Crippen molar-refractivity contribution in [3.8, 4) is 6.07 Å². The fourth-order valence-corrected chi connectivity index (χ4v) is 3.41. The third kappa shape index (κ3) is 4.19. The minimum atomic E-state index is -0.437. The Morgan fingerprint density at radius 3 is 2.28 bits per heavy atom. The summed E-state index contributed by atoms with van der Waals surface area (Å²) in [6.45, 7) is 0.269. The van der Waals surface area contributed by atoms with Crippen LogP contribution in [0.15, 0.2) is 60.7 Å². The molecule has 0 saturated heterocycles. The van der Waals surface area contributed by atoms with Crippen LogP contribution in [-0.2, 0) is 16.8 Å². The first-order valence-electron chi connectivity index (χ1n) is 8.66. The molecule has 1 amide bonds. The number of amides is 1. The minimum absolute atomic E-state index is 0.0634. The first-order valence-corrected chi connectivity index (χ1v) is 8.66. The van der Waals surface area contributed by atoms with Gasteiger partial charge in [-0.25, -0.2) is 4.79 Å². The largest absolute Gasteiger partial charge is 0.445 e. The van der Waals surface area contributed by atoms with E-state index in [1.807, 2.05) is 60.7 Å². The lowest BCUT2D eigenvalue weighted by atomic mass is 9.69. The van der Waals surface area contributed by atoms with Gasteiger partial charge in [0.25, 0.3) is 0 Å². The molecule has 0 bridgehead atoms. The molecule has 0 spiro atoms. The summed E-state index contributed by atoms with van der Waals surface area (Å²) in [5.74, 6) is 0. The van der Waals surface area contributed by atoms with Crippen LogP contribution in [-0.4, -0.2) is 12.1 Å². The van der Waals surface area contributed by atoms with E-state index >= 15 is 0 Å². The van der Waals surface area contributed by atoms with Gasteiger partial charge in [0.1, 0.15) is 6.61 Å². The molecule has 4 nitrogen and oxygen atoms in total. The molecule has 0 aliphatic heterocycles. The fourth-order valence-electron chi connectivity index (χ4n) is 3.41. The predicted octanol–water partition coefficient (Wildman–Crippen LogP) is 4.32. The third-order valence-electron chi connectivity index (χ3n) is 4.91. The quantitative estimate of drug-likeness (QED) is 0.906. The molecule has 2 aromatic carbocycles. The molecule has 0 radical (unpaired) electrons. The van der Waals surface area contributed by atoms with Gasteiger partial charge in [0, 0.05) is 6.04 Å². The summed E-state index contributed by atoms with van der Waals surface area (Å²) < 4.78 is 5.28. The van der Waals surface area contributed by atoms with E-state index < -0.39 is 11.5 Å². The van der Waals surface area contributed by atoms with Gasteiger partial charge in [0.2, 0.25) is 0 Å². The zero-order valence-electron chi connectivity index (χ0n) is 14.2. The standard InChI is InChI=1S/C21H22N2O2/c22-16-21(18-9-5-2-6-10-18)13-11-19(12-14-21)23-20(24)25-15-17-7-3-1-4-8-17/h1-10,19H,11-15H2,(H,23,24). The summed E-state index contributed by atoms with van der Waals surface area (Å²) in [6.07, 6.45) is 2.66. The number of carbonyl (C=O) groups excluding carboxylic acids is 1. The van der Waals surface area contributed by atoms with E-state index in [1.54, 1.807) is 0 Å². The lowest BCUT2D eigenvalue weighted by Gasteiger charge is -2.35. The SMILES string of the molecule is N#CC1(c2ccccc2)CCC(NC(=O)OCc2ccccc2)CC1. The highest BCUT2D eigenvalue weighted by molar-refractivity contribution is 5.67. The van der Waals surface area contributed by atoms with E-state index in [2.05, 4.69) is 11.4 Å². The summed E-state index contributed by atoms with van der Waals surface area (Å²) in [4.78, 5) is 12.0. The van der Waals surface area contributed by atoms with Crippen molar-refractivity contribution in [2.24, 2.45) is 0 Å². The van der Waals surface area contributed by atoms with Crippen molar-refractivity contribution in [2.45, 2.75) is 43.7 Å². The van der Waals surface area contributed by atoms with Crippen LogP contribution in [0.2, 0.25) is 0 Å². The van der Waals surface area contributed by atoms with E-state index in [1.165, 1.54) is 0 Å². The Kier molecular flexibility index (Phi) is 5.35. The van der Waals surface area contributed by atoms with Crippen LogP contribution in [0.5, 0.6) is 0 Å². The predicted molar refractivity (Wildman–Crippen MR) is 95.8 cm³/mol. The van der Waals surface area contributed by atoms with Crippen molar-refractivity contribution < 1.29 is 9.53 Å². The van der Waals surface area contributed by atoms with Crippen LogP contribution in [0.1, 0.15) is 36.8 Å². The normalized spacial score (nSPS) is 22.6. The lowest BCUT2D eigenvalue weighted by molar-refractivity contribution is 0.131. The molecule has 0 heterocycles. The lowest BCUT2D eigenvalue weighted by Crippen LogP contribution is -2.42. The summed E-state index contributed by atoms with van der Waals surface area (Å²) in [5, 5.41) is 12.6. The Morgan fingerprint density at radius 1 is 1.08 bits per heavy atom. The van der Waals surface area contributed by atoms with Crippen molar-refractivity contribution in [1.29, 1.82) is 5.26 Å². The monoisotopic (exact) mass is 334 g/mol. The number of nitrogens with one attached hydrogen (secondary N) is 1. The van der Waals surface area contributed by atoms with Crippen LogP contribution in [0, 0.1) is 11.3 Å². The first kappa shape index (κ1) is 17.0. The minimum Gasteiger partial charge on any atom is -0.445 e. The van der Waals surface area contributed by atoms with Crippen molar-refractivity contribution in [3.63, 3.8) is 0 Å². The number of nitrogens with zero attached hydrogens (tertiary/aromatic N) is 1. The maximum Gasteiger partial charge on any atom is 0.407 e. The second kappa shape index (κ2) is 7.85. The van der Waals surface area contributed by atoms with Crippen molar-refractivity contribution in [3.05, 3.63) is 71.8 Å². The second-order valence-corrected chi connectivity index (χ2v) is 6.54.